The molecular weight excluding hydrogens is 347 g/mol. The van der Waals surface area contributed by atoms with Gasteiger partial charge >= 0.3 is 0 Å². The first-order valence-electron chi connectivity index (χ1n) is 7.44. The van der Waals surface area contributed by atoms with Crippen LogP contribution in [0, 0.1) is 11.3 Å². The first-order chi connectivity index (χ1) is 11.6. The maximum Gasteiger partial charge on any atom is 0.254 e. The molecule has 1 saturated heterocycles. The molecular formula is C17H14Cl2N4O. The Morgan fingerprint density at radius 2 is 1.79 bits per heavy atom. The van der Waals surface area contributed by atoms with E-state index in [1.54, 1.807) is 41.4 Å². The van der Waals surface area contributed by atoms with E-state index in [9.17, 15) is 10.1 Å². The van der Waals surface area contributed by atoms with E-state index < -0.39 is 0 Å². The number of hydrogen-bond acceptors (Lipinski definition) is 4. The Morgan fingerprint density at radius 3 is 2.42 bits per heavy atom. The van der Waals surface area contributed by atoms with Crippen LogP contribution < -0.4 is 4.90 Å². The molecule has 1 amide bonds. The molecule has 122 valence electrons. The normalized spacial score (nSPS) is 14.4. The van der Waals surface area contributed by atoms with E-state index in [1.165, 1.54) is 0 Å². The predicted octanol–water partition coefficient (Wildman–Crippen LogP) is 3.22. The number of hydrogen-bond donors (Lipinski definition) is 0. The van der Waals surface area contributed by atoms with Crippen LogP contribution in [0.3, 0.4) is 0 Å². The number of benzene rings is 1. The monoisotopic (exact) mass is 360 g/mol. The van der Waals surface area contributed by atoms with E-state index in [1.807, 2.05) is 4.90 Å². The van der Waals surface area contributed by atoms with Crippen molar-refractivity contribution in [2.75, 3.05) is 31.1 Å². The van der Waals surface area contributed by atoms with Crippen molar-refractivity contribution in [3.05, 3.63) is 57.7 Å². The van der Waals surface area contributed by atoms with Crippen LogP contribution in [0.2, 0.25) is 10.0 Å². The zero-order valence-corrected chi connectivity index (χ0v) is 14.3. The summed E-state index contributed by atoms with van der Waals surface area (Å²) < 4.78 is 0. The molecule has 1 aliphatic heterocycles. The van der Waals surface area contributed by atoms with Gasteiger partial charge in [-0.25, -0.2) is 4.98 Å². The summed E-state index contributed by atoms with van der Waals surface area (Å²) in [5.74, 6) is 0.568. The second-order valence-corrected chi connectivity index (χ2v) is 6.30. The van der Waals surface area contributed by atoms with E-state index in [4.69, 9.17) is 23.2 Å². The number of carbonyl (C=O) groups excluding carboxylic acids is 1. The van der Waals surface area contributed by atoms with E-state index >= 15 is 0 Å². The number of amides is 1. The van der Waals surface area contributed by atoms with Gasteiger partial charge in [-0.05, 0) is 30.3 Å². The molecule has 1 aromatic carbocycles. The lowest BCUT2D eigenvalue weighted by Crippen LogP contribution is -2.49. The van der Waals surface area contributed by atoms with Crippen molar-refractivity contribution in [2.45, 2.75) is 0 Å². The van der Waals surface area contributed by atoms with Gasteiger partial charge in [0.25, 0.3) is 5.91 Å². The van der Waals surface area contributed by atoms with Gasteiger partial charge in [0.05, 0.1) is 5.56 Å². The molecule has 0 unspecified atom stereocenters. The zero-order chi connectivity index (χ0) is 17.1. The van der Waals surface area contributed by atoms with Crippen molar-refractivity contribution in [3.63, 3.8) is 0 Å². The van der Waals surface area contributed by atoms with E-state index in [0.29, 0.717) is 53.2 Å². The van der Waals surface area contributed by atoms with Gasteiger partial charge in [-0.3, -0.25) is 4.79 Å². The number of piperazine rings is 1. The second kappa shape index (κ2) is 7.08. The van der Waals surface area contributed by atoms with Crippen LogP contribution in [0.4, 0.5) is 5.82 Å². The molecule has 24 heavy (non-hydrogen) atoms. The highest BCUT2D eigenvalue weighted by Gasteiger charge is 2.24. The van der Waals surface area contributed by atoms with Gasteiger partial charge in [0, 0.05) is 48.0 Å². The molecule has 0 spiro atoms. The minimum atomic E-state index is -0.0967. The van der Waals surface area contributed by atoms with Crippen LogP contribution in [0.25, 0.3) is 0 Å². The molecule has 0 aliphatic carbocycles. The number of pyridine rings is 1. The quantitative estimate of drug-likeness (QED) is 0.824. The third-order valence-corrected chi connectivity index (χ3v) is 4.32. The third-order valence-electron chi connectivity index (χ3n) is 3.88. The van der Waals surface area contributed by atoms with Gasteiger partial charge < -0.3 is 9.80 Å². The average molecular weight is 361 g/mol. The predicted molar refractivity (Wildman–Crippen MR) is 93.5 cm³/mol. The van der Waals surface area contributed by atoms with Crippen LogP contribution in [-0.2, 0) is 0 Å². The topological polar surface area (TPSA) is 60.2 Å². The number of anilines is 1. The number of carbonyl (C=O) groups is 1. The summed E-state index contributed by atoms with van der Waals surface area (Å²) >= 11 is 11.9. The lowest BCUT2D eigenvalue weighted by Gasteiger charge is -2.35. The lowest BCUT2D eigenvalue weighted by molar-refractivity contribution is 0.0746. The fourth-order valence-corrected chi connectivity index (χ4v) is 3.24. The highest BCUT2D eigenvalue weighted by atomic mass is 35.5. The van der Waals surface area contributed by atoms with Gasteiger partial charge in [0.15, 0.2) is 0 Å². The van der Waals surface area contributed by atoms with Gasteiger partial charge in [0.1, 0.15) is 11.9 Å². The molecule has 1 aliphatic rings. The summed E-state index contributed by atoms with van der Waals surface area (Å²) in [6.45, 7) is 2.33. The fraction of sp³-hybridized carbons (Fsp3) is 0.235. The van der Waals surface area contributed by atoms with E-state index in [-0.39, 0.29) is 5.91 Å². The Bertz CT molecular complexity index is 790. The van der Waals surface area contributed by atoms with Gasteiger partial charge in [-0.15, -0.1) is 0 Å². The molecule has 0 atom stereocenters. The molecule has 0 bridgehead atoms. The summed E-state index contributed by atoms with van der Waals surface area (Å²) in [6, 6.07) is 10.5. The van der Waals surface area contributed by atoms with Crippen LogP contribution in [0.5, 0.6) is 0 Å². The highest BCUT2D eigenvalue weighted by molar-refractivity contribution is 6.35. The van der Waals surface area contributed by atoms with Gasteiger partial charge in [-0.2, -0.15) is 5.26 Å². The first-order valence-corrected chi connectivity index (χ1v) is 8.19. The third kappa shape index (κ3) is 3.45. The number of aromatic nitrogens is 1. The van der Waals surface area contributed by atoms with Crippen LogP contribution >= 0.6 is 23.2 Å². The number of nitrogens with zero attached hydrogens (tertiary/aromatic N) is 4. The molecule has 2 heterocycles. The van der Waals surface area contributed by atoms with E-state index in [0.717, 1.165) is 0 Å². The molecule has 2 aromatic rings. The van der Waals surface area contributed by atoms with Crippen molar-refractivity contribution >= 4 is 34.9 Å². The van der Waals surface area contributed by atoms with E-state index in [2.05, 4.69) is 11.1 Å². The van der Waals surface area contributed by atoms with Crippen LogP contribution in [0.15, 0.2) is 36.5 Å². The van der Waals surface area contributed by atoms with Crippen molar-refractivity contribution in [1.29, 1.82) is 5.26 Å². The minimum absolute atomic E-state index is 0.0967. The summed E-state index contributed by atoms with van der Waals surface area (Å²) in [5.41, 5.74) is 1.02. The molecule has 0 N–H and O–H groups in total. The summed E-state index contributed by atoms with van der Waals surface area (Å²) in [5, 5.41) is 10.1. The molecule has 1 fully saturated rings. The molecule has 5 nitrogen and oxygen atoms in total. The maximum absolute atomic E-state index is 12.6. The zero-order valence-electron chi connectivity index (χ0n) is 12.7. The average Bonchev–Trinajstić information content (AvgIpc) is 2.60. The van der Waals surface area contributed by atoms with Crippen molar-refractivity contribution in [3.8, 4) is 6.07 Å². The molecule has 3 rings (SSSR count). The fourth-order valence-electron chi connectivity index (χ4n) is 2.72. The highest BCUT2D eigenvalue weighted by Crippen LogP contribution is 2.22. The largest absolute Gasteiger partial charge is 0.352 e. The second-order valence-electron chi connectivity index (χ2n) is 5.42. The Hall–Kier alpha value is -2.29. The smallest absolute Gasteiger partial charge is 0.254 e. The van der Waals surface area contributed by atoms with Gasteiger partial charge in [0.2, 0.25) is 0 Å². The lowest BCUT2D eigenvalue weighted by atomic mass is 10.1. The number of rotatable bonds is 2. The molecule has 0 saturated carbocycles. The van der Waals surface area contributed by atoms with Crippen LogP contribution in [-0.4, -0.2) is 42.0 Å². The minimum Gasteiger partial charge on any atom is -0.352 e. The Labute approximate surface area is 150 Å². The Morgan fingerprint density at radius 1 is 1.12 bits per heavy atom. The standard InChI is InChI=1S/C17H14Cl2N4O/c18-14-8-13(9-15(19)10-14)17(24)23-6-4-22(5-7-23)16-12(11-20)2-1-3-21-16/h1-3,8-10H,4-7H2. The van der Waals surface area contributed by atoms with Crippen molar-refractivity contribution in [1.82, 2.24) is 9.88 Å². The van der Waals surface area contributed by atoms with Crippen molar-refractivity contribution < 1.29 is 4.79 Å². The Balaban J connectivity index is 1.71. The molecule has 1 aromatic heterocycles. The van der Waals surface area contributed by atoms with Crippen molar-refractivity contribution in [2.24, 2.45) is 0 Å². The van der Waals surface area contributed by atoms with Crippen LogP contribution in [0.1, 0.15) is 15.9 Å². The summed E-state index contributed by atoms with van der Waals surface area (Å²) in [6.07, 6.45) is 1.67. The molecule has 0 radical (unpaired) electrons. The first kappa shape index (κ1) is 16.6. The number of halogens is 2. The Kier molecular flexibility index (Phi) is 4.89. The number of nitriles is 1. The molecule has 7 heteroatoms. The maximum atomic E-state index is 12.6. The van der Waals surface area contributed by atoms with Gasteiger partial charge in [-0.1, -0.05) is 23.2 Å². The summed E-state index contributed by atoms with van der Waals surface area (Å²) in [4.78, 5) is 20.7. The SMILES string of the molecule is N#Cc1cccnc1N1CCN(C(=O)c2cc(Cl)cc(Cl)c2)CC1. The summed E-state index contributed by atoms with van der Waals surface area (Å²) in [7, 11) is 0.